The van der Waals surface area contributed by atoms with Gasteiger partial charge >= 0.3 is 0 Å². The predicted molar refractivity (Wildman–Crippen MR) is 154 cm³/mol. The summed E-state index contributed by atoms with van der Waals surface area (Å²) in [4.78, 5) is 25.3. The molecule has 208 valence electrons. The van der Waals surface area contributed by atoms with Gasteiger partial charge in [-0.3, -0.25) is 9.78 Å². The lowest BCUT2D eigenvalue weighted by Crippen LogP contribution is -2.41. The molecule has 3 N–H and O–H groups in total. The highest BCUT2D eigenvalue weighted by Crippen LogP contribution is 2.34. The third kappa shape index (κ3) is 5.75. The number of hydrogen-bond acceptors (Lipinski definition) is 5. The van der Waals surface area contributed by atoms with Crippen LogP contribution in [0.5, 0.6) is 0 Å². The van der Waals surface area contributed by atoms with Crippen molar-refractivity contribution in [1.29, 1.82) is 0 Å². The van der Waals surface area contributed by atoms with E-state index in [2.05, 4.69) is 46.6 Å². The van der Waals surface area contributed by atoms with Crippen molar-refractivity contribution in [3.05, 3.63) is 87.2 Å². The molecule has 0 radical (unpaired) electrons. The van der Waals surface area contributed by atoms with Crippen molar-refractivity contribution < 1.29 is 13.9 Å². The number of amides is 1. The van der Waals surface area contributed by atoms with Gasteiger partial charge in [-0.05, 0) is 74.4 Å². The molecule has 1 saturated carbocycles. The molecule has 0 bridgehead atoms. The van der Waals surface area contributed by atoms with Crippen molar-refractivity contribution in [2.45, 2.75) is 58.1 Å². The molecule has 1 saturated heterocycles. The van der Waals surface area contributed by atoms with E-state index in [1.165, 1.54) is 17.3 Å². The first-order valence-corrected chi connectivity index (χ1v) is 14.3. The van der Waals surface area contributed by atoms with E-state index in [0.717, 1.165) is 35.3 Å². The number of ether oxygens (including phenoxy) is 1. The lowest BCUT2D eigenvalue weighted by Gasteiger charge is -2.29. The van der Waals surface area contributed by atoms with Crippen molar-refractivity contribution in [2.75, 3.05) is 18.5 Å². The zero-order valence-electron chi connectivity index (χ0n) is 22.7. The molecule has 40 heavy (non-hydrogen) atoms. The Morgan fingerprint density at radius 1 is 1.20 bits per heavy atom. The fourth-order valence-electron chi connectivity index (χ4n) is 5.23. The third-order valence-corrected chi connectivity index (χ3v) is 8.35. The number of fused-ring (bicyclic) bond motifs is 1. The number of halogens is 2. The molecular weight excluding hydrogens is 529 g/mol. The van der Waals surface area contributed by atoms with Crippen LogP contribution in [0.25, 0.3) is 11.0 Å². The fraction of sp³-hybridized carbons (Fsp3) is 0.387. The molecule has 0 spiro atoms. The number of morpholine rings is 1. The molecule has 2 aromatic carbocycles. The second-order valence-electron chi connectivity index (χ2n) is 11.0. The van der Waals surface area contributed by atoms with Crippen LogP contribution in [0.2, 0.25) is 5.02 Å². The van der Waals surface area contributed by atoms with Crippen LogP contribution in [0.4, 0.5) is 10.1 Å². The van der Waals surface area contributed by atoms with Gasteiger partial charge in [-0.2, -0.15) is 0 Å². The SMILES string of the molecule is Cc1cc2nc([C@@H]3CO[C@H](CCc4c(F)cnc(Cc5ccccc5Cl)c4NC(=O)C4CC4)CN3)[nH]c2cc1C. The number of aromatic amines is 1. The van der Waals surface area contributed by atoms with Gasteiger partial charge in [-0.25, -0.2) is 9.37 Å². The van der Waals surface area contributed by atoms with Gasteiger partial charge in [-0.15, -0.1) is 0 Å². The van der Waals surface area contributed by atoms with Crippen molar-refractivity contribution in [3.63, 3.8) is 0 Å². The maximum Gasteiger partial charge on any atom is 0.227 e. The quantitative estimate of drug-likeness (QED) is 0.246. The average Bonchev–Trinajstić information content (AvgIpc) is 3.72. The Morgan fingerprint density at radius 3 is 2.75 bits per heavy atom. The highest BCUT2D eigenvalue weighted by atomic mass is 35.5. The minimum absolute atomic E-state index is 0.0156. The summed E-state index contributed by atoms with van der Waals surface area (Å²) in [6, 6.07) is 11.7. The summed E-state index contributed by atoms with van der Waals surface area (Å²) in [5, 5.41) is 7.15. The Bertz CT molecular complexity index is 1520. The standard InChI is InChI=1S/C31H33ClFN5O2/c1-17-11-25-26(12-18(17)2)37-30(36-25)28-16-40-21(14-34-28)9-10-22-24(33)15-35-27(13-20-5-3-4-6-23(20)32)29(22)38-31(39)19-7-8-19/h3-6,11-12,15,19,21,28,34H,7-10,13-14,16H2,1-2H3,(H,36,37)(H,38,39)/t21-,28+/m1/s1. The molecule has 1 amide bonds. The monoisotopic (exact) mass is 561 g/mol. The molecule has 2 fully saturated rings. The van der Waals surface area contributed by atoms with E-state index in [1.807, 2.05) is 24.3 Å². The van der Waals surface area contributed by atoms with Crippen LogP contribution in [0.1, 0.15) is 59.1 Å². The molecular formula is C31H33ClFN5O2. The number of rotatable bonds is 8. The average molecular weight is 562 g/mol. The van der Waals surface area contributed by atoms with Gasteiger partial charge in [0.1, 0.15) is 11.6 Å². The van der Waals surface area contributed by atoms with Gasteiger partial charge < -0.3 is 20.4 Å². The molecule has 2 aromatic heterocycles. The van der Waals surface area contributed by atoms with Gasteiger partial charge in [0.15, 0.2) is 0 Å². The van der Waals surface area contributed by atoms with Crippen molar-refractivity contribution in [2.24, 2.45) is 5.92 Å². The summed E-state index contributed by atoms with van der Waals surface area (Å²) in [6.45, 7) is 5.26. The zero-order valence-corrected chi connectivity index (χ0v) is 23.4. The fourth-order valence-corrected chi connectivity index (χ4v) is 5.44. The number of hydrogen-bond donors (Lipinski definition) is 3. The van der Waals surface area contributed by atoms with Gasteiger partial charge in [0.2, 0.25) is 5.91 Å². The van der Waals surface area contributed by atoms with Crippen LogP contribution in [-0.4, -0.2) is 40.1 Å². The van der Waals surface area contributed by atoms with Gasteiger partial charge in [0, 0.05) is 29.5 Å². The van der Waals surface area contributed by atoms with Crippen LogP contribution in [0.15, 0.2) is 42.6 Å². The maximum atomic E-state index is 15.2. The molecule has 6 rings (SSSR count). The van der Waals surface area contributed by atoms with E-state index in [1.54, 1.807) is 0 Å². The zero-order chi connectivity index (χ0) is 27.8. The van der Waals surface area contributed by atoms with Crippen LogP contribution >= 0.6 is 11.6 Å². The first-order chi connectivity index (χ1) is 19.4. The first kappa shape index (κ1) is 26.9. The Labute approximate surface area is 237 Å². The number of imidazole rings is 1. The van der Waals surface area contributed by atoms with Gasteiger partial charge in [-0.1, -0.05) is 29.8 Å². The summed E-state index contributed by atoms with van der Waals surface area (Å²) in [7, 11) is 0. The van der Waals surface area contributed by atoms with E-state index in [9.17, 15) is 4.79 Å². The van der Waals surface area contributed by atoms with E-state index in [4.69, 9.17) is 21.3 Å². The Morgan fingerprint density at radius 2 is 2.00 bits per heavy atom. The summed E-state index contributed by atoms with van der Waals surface area (Å²) in [5.41, 5.74) is 6.80. The van der Waals surface area contributed by atoms with Crippen LogP contribution < -0.4 is 10.6 Å². The minimum Gasteiger partial charge on any atom is -0.375 e. The smallest absolute Gasteiger partial charge is 0.227 e. The molecule has 9 heteroatoms. The minimum atomic E-state index is -0.427. The molecule has 2 aliphatic rings. The van der Waals surface area contributed by atoms with Crippen LogP contribution in [0, 0.1) is 25.6 Å². The molecule has 0 unspecified atom stereocenters. The number of aryl methyl sites for hydroxylation is 2. The number of nitrogens with one attached hydrogen (secondary N) is 3. The number of benzene rings is 2. The predicted octanol–water partition coefficient (Wildman–Crippen LogP) is 5.97. The molecule has 4 aromatic rings. The van der Waals surface area contributed by atoms with Gasteiger partial charge in [0.05, 0.1) is 47.4 Å². The summed E-state index contributed by atoms with van der Waals surface area (Å²) >= 11 is 6.40. The third-order valence-electron chi connectivity index (χ3n) is 7.98. The summed E-state index contributed by atoms with van der Waals surface area (Å²) < 4.78 is 21.4. The molecule has 1 aliphatic carbocycles. The largest absolute Gasteiger partial charge is 0.375 e. The topological polar surface area (TPSA) is 91.9 Å². The number of pyridine rings is 1. The number of nitrogens with zero attached hydrogens (tertiary/aromatic N) is 2. The van der Waals surface area contributed by atoms with E-state index in [-0.39, 0.29) is 24.0 Å². The maximum absolute atomic E-state index is 15.2. The number of carbonyl (C=O) groups is 1. The van der Waals surface area contributed by atoms with Gasteiger partial charge in [0.25, 0.3) is 0 Å². The Balaban J connectivity index is 1.16. The van der Waals surface area contributed by atoms with E-state index >= 15 is 4.39 Å². The Hall–Kier alpha value is -3.33. The number of carbonyl (C=O) groups excluding carboxylic acids is 1. The summed E-state index contributed by atoms with van der Waals surface area (Å²) in [6.07, 6.45) is 4.26. The molecule has 3 heterocycles. The van der Waals surface area contributed by atoms with Crippen LogP contribution in [0.3, 0.4) is 0 Å². The first-order valence-electron chi connectivity index (χ1n) is 13.9. The number of aromatic nitrogens is 3. The lowest BCUT2D eigenvalue weighted by molar-refractivity contribution is -0.117. The molecule has 7 nitrogen and oxygen atoms in total. The number of H-pyrrole nitrogens is 1. The highest BCUT2D eigenvalue weighted by molar-refractivity contribution is 6.31. The second kappa shape index (κ2) is 11.3. The molecule has 2 atom stereocenters. The normalized spacial score (nSPS) is 19.2. The van der Waals surface area contributed by atoms with Crippen molar-refractivity contribution in [3.8, 4) is 0 Å². The second-order valence-corrected chi connectivity index (χ2v) is 11.4. The van der Waals surface area contributed by atoms with E-state index in [0.29, 0.717) is 54.4 Å². The Kier molecular flexibility index (Phi) is 7.57. The summed E-state index contributed by atoms with van der Waals surface area (Å²) in [5.74, 6) is 0.332. The van der Waals surface area contributed by atoms with Crippen molar-refractivity contribution >= 4 is 34.2 Å². The van der Waals surface area contributed by atoms with Crippen LogP contribution in [-0.2, 0) is 22.4 Å². The molecule has 1 aliphatic heterocycles. The highest BCUT2D eigenvalue weighted by Gasteiger charge is 2.31. The van der Waals surface area contributed by atoms with Crippen molar-refractivity contribution in [1.82, 2.24) is 20.3 Å². The lowest BCUT2D eigenvalue weighted by atomic mass is 10.00. The van der Waals surface area contributed by atoms with E-state index < -0.39 is 5.82 Å². The number of anilines is 1.